The molecule has 0 saturated heterocycles. The molecule has 0 bridgehead atoms. The molecule has 0 aromatic heterocycles. The standard InChI is InChI=1S/C9H13.C7H9.2ClH.Zr/c1-3-8-5-6-9(4-2)7-8;1-6-3-4-7(2)5-6;;;/h5H,3-4,6H2,1-2H3;3H,4H2,1-2H3;2*1H;/q;;;;+2/p-2. The number of halogens is 2. The van der Waals surface area contributed by atoms with Gasteiger partial charge < -0.3 is 24.8 Å². The molecule has 0 aromatic carbocycles. The predicted octanol–water partition coefficient (Wildman–Crippen LogP) is -0.895. The van der Waals surface area contributed by atoms with Crippen LogP contribution < -0.4 is 24.8 Å². The monoisotopic (exact) mass is 374 g/mol. The van der Waals surface area contributed by atoms with E-state index in [0.717, 1.165) is 0 Å². The van der Waals surface area contributed by atoms with Crippen LogP contribution in [0, 0.1) is 0 Å². The molecule has 0 aromatic rings. The molecule has 0 spiro atoms. The van der Waals surface area contributed by atoms with Crippen LogP contribution in [0.15, 0.2) is 41.0 Å². The molecule has 19 heavy (non-hydrogen) atoms. The van der Waals surface area contributed by atoms with Crippen molar-refractivity contribution >= 4 is 0 Å². The first kappa shape index (κ1) is 19.4. The molecule has 0 fully saturated rings. The van der Waals surface area contributed by atoms with Gasteiger partial charge in [-0.1, -0.05) is 0 Å². The van der Waals surface area contributed by atoms with Crippen molar-refractivity contribution in [3.8, 4) is 0 Å². The summed E-state index contributed by atoms with van der Waals surface area (Å²) < 4.78 is 3.60. The Balaban J connectivity index is 0.00000162. The summed E-state index contributed by atoms with van der Waals surface area (Å²) in [6.45, 7) is 9.27. The van der Waals surface area contributed by atoms with Crippen molar-refractivity contribution in [2.45, 2.75) is 53.4 Å². The van der Waals surface area contributed by atoms with Gasteiger partial charge in [-0.3, -0.25) is 0 Å². The quantitative estimate of drug-likeness (QED) is 0.597. The third-order valence-electron chi connectivity index (χ3n) is 3.86. The molecule has 0 nitrogen and oxygen atoms in total. The molecular weight excluding hydrogens is 354 g/mol. The Morgan fingerprint density at radius 1 is 0.947 bits per heavy atom. The van der Waals surface area contributed by atoms with Gasteiger partial charge in [0, 0.05) is 0 Å². The summed E-state index contributed by atoms with van der Waals surface area (Å²) in [5, 5.41) is 0. The minimum Gasteiger partial charge on any atom is -1.00 e. The summed E-state index contributed by atoms with van der Waals surface area (Å²) in [7, 11) is 0. The van der Waals surface area contributed by atoms with E-state index in [2.05, 4.69) is 39.8 Å². The Morgan fingerprint density at radius 3 is 2.11 bits per heavy atom. The van der Waals surface area contributed by atoms with Crippen LogP contribution in [-0.4, -0.2) is 0 Å². The van der Waals surface area contributed by atoms with Crippen molar-refractivity contribution < 1.29 is 48.0 Å². The molecule has 0 heterocycles. The third kappa shape index (κ3) is 4.19. The summed E-state index contributed by atoms with van der Waals surface area (Å²) in [6.07, 6.45) is 9.84. The van der Waals surface area contributed by atoms with Crippen LogP contribution >= 0.6 is 0 Å². The van der Waals surface area contributed by atoms with E-state index >= 15 is 0 Å². The maximum absolute atomic E-state index is 2.49. The second-order valence-electron chi connectivity index (χ2n) is 4.99. The predicted molar refractivity (Wildman–Crippen MR) is 71.4 cm³/mol. The Bertz CT molecular complexity index is 453. The molecule has 0 radical (unpaired) electrons. The number of hydrogen-bond acceptors (Lipinski definition) is 0. The van der Waals surface area contributed by atoms with Gasteiger partial charge in [-0.25, -0.2) is 0 Å². The first-order chi connectivity index (χ1) is 8.17. The van der Waals surface area contributed by atoms with Crippen LogP contribution in [0.1, 0.15) is 53.4 Å². The van der Waals surface area contributed by atoms with Crippen LogP contribution in [0.5, 0.6) is 0 Å². The number of allylic oxidation sites excluding steroid dienone is 8. The van der Waals surface area contributed by atoms with Crippen LogP contribution in [0.4, 0.5) is 0 Å². The van der Waals surface area contributed by atoms with Crippen molar-refractivity contribution in [2.24, 2.45) is 0 Å². The summed E-state index contributed by atoms with van der Waals surface area (Å²) in [5.41, 5.74) is 6.65. The van der Waals surface area contributed by atoms with Gasteiger partial charge in [0.2, 0.25) is 0 Å². The van der Waals surface area contributed by atoms with E-state index in [9.17, 15) is 0 Å². The van der Waals surface area contributed by atoms with Crippen LogP contribution in [0.3, 0.4) is 0 Å². The normalized spacial score (nSPS) is 17.7. The van der Waals surface area contributed by atoms with Crippen molar-refractivity contribution in [3.63, 3.8) is 0 Å². The van der Waals surface area contributed by atoms with Gasteiger partial charge in [0.05, 0.1) is 0 Å². The maximum Gasteiger partial charge on any atom is -1.00 e. The topological polar surface area (TPSA) is 0 Å². The average Bonchev–Trinajstić information content (AvgIpc) is 2.87. The summed E-state index contributed by atoms with van der Waals surface area (Å²) >= 11 is -0.539. The summed E-state index contributed by atoms with van der Waals surface area (Å²) in [6, 6.07) is 0. The third-order valence-corrected chi connectivity index (χ3v) is 8.77. The van der Waals surface area contributed by atoms with Gasteiger partial charge in [0.25, 0.3) is 0 Å². The molecule has 0 saturated carbocycles. The molecule has 0 aliphatic heterocycles. The minimum absolute atomic E-state index is 0. The van der Waals surface area contributed by atoms with E-state index < -0.39 is 23.2 Å². The fourth-order valence-corrected chi connectivity index (χ4v) is 6.99. The maximum atomic E-state index is 2.49. The molecule has 3 heteroatoms. The molecule has 2 aliphatic carbocycles. The SMILES string of the molecule is CCC1=CCC(CC)=[C]1[Zr+2][C]1=C(C)CC=C1C.[Cl-].[Cl-]. The van der Waals surface area contributed by atoms with Gasteiger partial charge in [-0.2, -0.15) is 0 Å². The zero-order valence-corrected chi connectivity index (χ0v) is 16.2. The van der Waals surface area contributed by atoms with E-state index in [-0.39, 0.29) is 24.8 Å². The van der Waals surface area contributed by atoms with Crippen molar-refractivity contribution in [1.82, 2.24) is 0 Å². The molecule has 0 unspecified atom stereocenters. The van der Waals surface area contributed by atoms with E-state index in [4.69, 9.17) is 0 Å². The molecule has 2 rings (SSSR count). The van der Waals surface area contributed by atoms with Gasteiger partial charge >= 0.3 is 118 Å². The average molecular weight is 376 g/mol. The largest absolute Gasteiger partial charge is 1.00 e. The van der Waals surface area contributed by atoms with Crippen molar-refractivity contribution in [2.75, 3.05) is 0 Å². The smallest absolute Gasteiger partial charge is 1.00 e. The molecule has 0 atom stereocenters. The summed E-state index contributed by atoms with van der Waals surface area (Å²) in [4.78, 5) is 0. The second kappa shape index (κ2) is 8.65. The Labute approximate surface area is 141 Å². The zero-order chi connectivity index (χ0) is 12.4. The fourth-order valence-electron chi connectivity index (χ4n) is 2.67. The zero-order valence-electron chi connectivity index (χ0n) is 12.2. The Morgan fingerprint density at radius 2 is 1.63 bits per heavy atom. The number of hydrogen-bond donors (Lipinski definition) is 0. The van der Waals surface area contributed by atoms with Gasteiger partial charge in [0.1, 0.15) is 0 Å². The van der Waals surface area contributed by atoms with Gasteiger partial charge in [-0.05, 0) is 0 Å². The second-order valence-corrected chi connectivity index (χ2v) is 8.06. The minimum atomic E-state index is -0.539. The fraction of sp³-hybridized carbons (Fsp3) is 0.500. The molecule has 0 N–H and O–H groups in total. The van der Waals surface area contributed by atoms with Crippen molar-refractivity contribution in [3.05, 3.63) is 41.0 Å². The van der Waals surface area contributed by atoms with E-state index in [0.29, 0.717) is 0 Å². The van der Waals surface area contributed by atoms with Crippen LogP contribution in [0.2, 0.25) is 0 Å². The number of rotatable bonds is 4. The molecular formula is C16H22Cl2Zr. The van der Waals surface area contributed by atoms with Gasteiger partial charge in [0.15, 0.2) is 0 Å². The Hall–Kier alpha value is 0.423. The van der Waals surface area contributed by atoms with E-state index in [1.807, 2.05) is 3.28 Å². The van der Waals surface area contributed by atoms with E-state index in [1.165, 1.54) is 25.7 Å². The van der Waals surface area contributed by atoms with Crippen molar-refractivity contribution in [1.29, 1.82) is 0 Å². The molecule has 2 aliphatic rings. The molecule has 0 amide bonds. The van der Waals surface area contributed by atoms with Gasteiger partial charge in [-0.15, -0.1) is 0 Å². The van der Waals surface area contributed by atoms with Crippen LogP contribution in [-0.2, 0) is 23.2 Å². The first-order valence-corrected chi connectivity index (χ1v) is 9.18. The summed E-state index contributed by atoms with van der Waals surface area (Å²) in [5.74, 6) is 0. The molecule has 104 valence electrons. The van der Waals surface area contributed by atoms with Crippen LogP contribution in [0.25, 0.3) is 0 Å². The first-order valence-electron chi connectivity index (χ1n) is 6.72. The van der Waals surface area contributed by atoms with E-state index in [1.54, 1.807) is 25.6 Å². The Kier molecular flexibility index (Phi) is 8.85.